The van der Waals surface area contributed by atoms with Crippen molar-refractivity contribution in [2.24, 2.45) is 0 Å². The maximum Gasteiger partial charge on any atom is 0.250 e. The molecule has 21 heavy (non-hydrogen) atoms. The predicted molar refractivity (Wildman–Crippen MR) is 85.9 cm³/mol. The van der Waals surface area contributed by atoms with Crippen molar-refractivity contribution in [2.45, 2.75) is 33.4 Å². The lowest BCUT2D eigenvalue weighted by Gasteiger charge is -2.10. The number of aryl methyl sites for hydroxylation is 1. The fourth-order valence-corrected chi connectivity index (χ4v) is 2.13. The molecule has 0 aliphatic carbocycles. The molecule has 0 radical (unpaired) electrons. The molecule has 0 unspecified atom stereocenters. The molecule has 0 atom stereocenters. The summed E-state index contributed by atoms with van der Waals surface area (Å²) < 4.78 is 7.16. The smallest absolute Gasteiger partial charge is 0.250 e. The van der Waals surface area contributed by atoms with E-state index < -0.39 is 0 Å². The van der Waals surface area contributed by atoms with Gasteiger partial charge in [-0.1, -0.05) is 19.1 Å². The van der Waals surface area contributed by atoms with Gasteiger partial charge in [0.1, 0.15) is 5.75 Å². The van der Waals surface area contributed by atoms with Gasteiger partial charge in [0.15, 0.2) is 0 Å². The highest BCUT2D eigenvalue weighted by atomic mass is 16.5. The van der Waals surface area contributed by atoms with Crippen molar-refractivity contribution in [1.82, 2.24) is 4.57 Å². The largest absolute Gasteiger partial charge is 0.494 e. The van der Waals surface area contributed by atoms with Gasteiger partial charge < -0.3 is 14.6 Å². The minimum atomic E-state index is 0.0449. The van der Waals surface area contributed by atoms with Crippen molar-refractivity contribution in [3.63, 3.8) is 0 Å². The Hall–Kier alpha value is -2.23. The van der Waals surface area contributed by atoms with Crippen molar-refractivity contribution in [1.29, 1.82) is 0 Å². The lowest BCUT2D eigenvalue weighted by Crippen LogP contribution is -2.18. The summed E-state index contributed by atoms with van der Waals surface area (Å²) in [5.41, 5.74) is 2.17. The van der Waals surface area contributed by atoms with Gasteiger partial charge in [-0.3, -0.25) is 4.79 Å². The van der Waals surface area contributed by atoms with E-state index in [9.17, 15) is 4.79 Å². The van der Waals surface area contributed by atoms with Crippen LogP contribution in [0.15, 0.2) is 47.4 Å². The lowest BCUT2D eigenvalue weighted by atomic mass is 10.2. The van der Waals surface area contributed by atoms with E-state index in [4.69, 9.17) is 4.74 Å². The number of pyridine rings is 1. The number of ether oxygens (including phenoxy) is 1. The van der Waals surface area contributed by atoms with E-state index >= 15 is 0 Å². The molecular formula is C17H22N2O2. The van der Waals surface area contributed by atoms with Gasteiger partial charge in [0.2, 0.25) is 0 Å². The molecule has 0 saturated carbocycles. The third-order valence-corrected chi connectivity index (χ3v) is 3.18. The second-order valence-electron chi connectivity index (χ2n) is 4.88. The molecule has 0 saturated heterocycles. The van der Waals surface area contributed by atoms with E-state index in [0.717, 1.165) is 30.9 Å². The molecule has 4 heteroatoms. The van der Waals surface area contributed by atoms with Gasteiger partial charge in [0.25, 0.3) is 5.56 Å². The van der Waals surface area contributed by atoms with Crippen LogP contribution in [-0.2, 0) is 13.1 Å². The van der Waals surface area contributed by atoms with Crippen LogP contribution in [0, 0.1) is 0 Å². The fraction of sp³-hybridized carbons (Fsp3) is 0.353. The van der Waals surface area contributed by atoms with Crippen molar-refractivity contribution >= 4 is 5.69 Å². The summed E-state index contributed by atoms with van der Waals surface area (Å²) in [6.45, 7) is 6.18. The Balaban J connectivity index is 1.99. The van der Waals surface area contributed by atoms with E-state index in [1.165, 1.54) is 5.56 Å². The number of anilines is 1. The van der Waals surface area contributed by atoms with Gasteiger partial charge in [0, 0.05) is 25.4 Å². The molecule has 0 spiro atoms. The monoisotopic (exact) mass is 286 g/mol. The van der Waals surface area contributed by atoms with Gasteiger partial charge in [0.05, 0.1) is 12.3 Å². The number of hydrogen-bond donors (Lipinski definition) is 1. The third kappa shape index (κ3) is 4.38. The second-order valence-corrected chi connectivity index (χ2v) is 4.88. The fourth-order valence-electron chi connectivity index (χ4n) is 2.13. The quantitative estimate of drug-likeness (QED) is 0.849. The molecule has 0 fully saturated rings. The van der Waals surface area contributed by atoms with Crippen LogP contribution in [0.25, 0.3) is 0 Å². The normalized spacial score (nSPS) is 10.4. The molecule has 4 nitrogen and oxygen atoms in total. The molecule has 0 aliphatic heterocycles. The summed E-state index contributed by atoms with van der Waals surface area (Å²) >= 11 is 0. The predicted octanol–water partition coefficient (Wildman–Crippen LogP) is 3.27. The van der Waals surface area contributed by atoms with Gasteiger partial charge in [-0.2, -0.15) is 0 Å². The molecule has 1 N–H and O–H groups in total. The zero-order valence-electron chi connectivity index (χ0n) is 12.6. The number of rotatable bonds is 7. The third-order valence-electron chi connectivity index (χ3n) is 3.18. The first kappa shape index (κ1) is 15.2. The van der Waals surface area contributed by atoms with Crippen LogP contribution in [0.1, 0.15) is 25.8 Å². The summed E-state index contributed by atoms with van der Waals surface area (Å²) in [6.07, 6.45) is 2.82. The Kier molecular flexibility index (Phi) is 5.43. The molecule has 2 rings (SSSR count). The Bertz CT molecular complexity index is 617. The van der Waals surface area contributed by atoms with E-state index in [1.807, 2.05) is 43.5 Å². The summed E-state index contributed by atoms with van der Waals surface area (Å²) in [5.74, 6) is 0.887. The van der Waals surface area contributed by atoms with Crippen molar-refractivity contribution in [3.8, 4) is 5.75 Å². The van der Waals surface area contributed by atoms with E-state index in [2.05, 4.69) is 12.2 Å². The maximum absolute atomic E-state index is 11.7. The zero-order chi connectivity index (χ0) is 15.1. The Morgan fingerprint density at radius 1 is 1.10 bits per heavy atom. The summed E-state index contributed by atoms with van der Waals surface area (Å²) in [6, 6.07) is 11.5. The minimum absolute atomic E-state index is 0.0449. The van der Waals surface area contributed by atoms with Gasteiger partial charge in [-0.15, -0.1) is 0 Å². The first-order valence-electron chi connectivity index (χ1n) is 7.39. The topological polar surface area (TPSA) is 43.3 Å². The number of nitrogens with one attached hydrogen (secondary N) is 1. The number of aromatic nitrogens is 1. The molecule has 2 aromatic rings. The lowest BCUT2D eigenvalue weighted by molar-refractivity contribution is 0.340. The molecule has 1 heterocycles. The zero-order valence-corrected chi connectivity index (χ0v) is 12.6. The first-order chi connectivity index (χ1) is 10.2. The molecule has 1 aromatic heterocycles. The Labute approximate surface area is 125 Å². The first-order valence-corrected chi connectivity index (χ1v) is 7.39. The van der Waals surface area contributed by atoms with Crippen molar-refractivity contribution < 1.29 is 4.74 Å². The van der Waals surface area contributed by atoms with Crippen LogP contribution in [0.2, 0.25) is 0 Å². The van der Waals surface area contributed by atoms with Crippen LogP contribution < -0.4 is 15.6 Å². The highest BCUT2D eigenvalue weighted by Gasteiger charge is 1.99. The average Bonchev–Trinajstić information content (AvgIpc) is 2.50. The SMILES string of the molecule is CCCn1cc(NCc2ccc(OCC)cc2)ccc1=O. The number of hydrogen-bond acceptors (Lipinski definition) is 3. The minimum Gasteiger partial charge on any atom is -0.494 e. The van der Waals surface area contributed by atoms with E-state index in [0.29, 0.717) is 6.61 Å². The molecular weight excluding hydrogens is 264 g/mol. The highest BCUT2D eigenvalue weighted by Crippen LogP contribution is 2.13. The standard InChI is InChI=1S/C17H22N2O2/c1-3-11-19-13-15(7-10-17(19)20)18-12-14-5-8-16(9-6-14)21-4-2/h5-10,13,18H,3-4,11-12H2,1-2H3. The molecule has 0 aliphatic rings. The Morgan fingerprint density at radius 3 is 2.52 bits per heavy atom. The molecule has 0 amide bonds. The summed E-state index contributed by atoms with van der Waals surface area (Å²) in [4.78, 5) is 11.7. The molecule has 0 bridgehead atoms. The van der Waals surface area contributed by atoms with E-state index in [1.54, 1.807) is 10.6 Å². The van der Waals surface area contributed by atoms with Crippen molar-refractivity contribution in [2.75, 3.05) is 11.9 Å². The van der Waals surface area contributed by atoms with E-state index in [-0.39, 0.29) is 5.56 Å². The van der Waals surface area contributed by atoms with Crippen LogP contribution in [-0.4, -0.2) is 11.2 Å². The Morgan fingerprint density at radius 2 is 1.86 bits per heavy atom. The van der Waals surface area contributed by atoms with Gasteiger partial charge >= 0.3 is 0 Å². The van der Waals surface area contributed by atoms with Crippen LogP contribution in [0.4, 0.5) is 5.69 Å². The number of benzene rings is 1. The maximum atomic E-state index is 11.7. The van der Waals surface area contributed by atoms with Gasteiger partial charge in [-0.25, -0.2) is 0 Å². The van der Waals surface area contributed by atoms with Crippen LogP contribution >= 0.6 is 0 Å². The summed E-state index contributed by atoms with van der Waals surface area (Å²) in [5, 5.41) is 3.34. The van der Waals surface area contributed by atoms with Crippen molar-refractivity contribution in [3.05, 3.63) is 58.5 Å². The van der Waals surface area contributed by atoms with Crippen LogP contribution in [0.5, 0.6) is 5.75 Å². The van der Waals surface area contributed by atoms with Crippen LogP contribution in [0.3, 0.4) is 0 Å². The average molecular weight is 286 g/mol. The second kappa shape index (κ2) is 7.53. The van der Waals surface area contributed by atoms with Gasteiger partial charge in [-0.05, 0) is 37.1 Å². The molecule has 112 valence electrons. The highest BCUT2D eigenvalue weighted by molar-refractivity contribution is 5.41. The number of nitrogens with zero attached hydrogens (tertiary/aromatic N) is 1. The molecule has 1 aromatic carbocycles. The summed E-state index contributed by atoms with van der Waals surface area (Å²) in [7, 11) is 0.